The van der Waals surface area contributed by atoms with Crippen molar-refractivity contribution >= 4 is 17.0 Å². The molecule has 0 amide bonds. The predicted octanol–water partition coefficient (Wildman–Crippen LogP) is 2.98. The third-order valence-electron chi connectivity index (χ3n) is 3.92. The van der Waals surface area contributed by atoms with E-state index in [9.17, 15) is 0 Å². The summed E-state index contributed by atoms with van der Waals surface area (Å²) in [4.78, 5) is 7.05. The van der Waals surface area contributed by atoms with Crippen molar-refractivity contribution in [1.82, 2.24) is 4.90 Å². The lowest BCUT2D eigenvalue weighted by Crippen LogP contribution is -2.37. The molecule has 0 radical (unpaired) electrons. The zero-order valence-electron chi connectivity index (χ0n) is 12.4. The van der Waals surface area contributed by atoms with Crippen LogP contribution >= 0.6 is 0 Å². The minimum atomic E-state index is 0.874. The van der Waals surface area contributed by atoms with Gasteiger partial charge in [0.1, 0.15) is 0 Å². The van der Waals surface area contributed by atoms with Gasteiger partial charge in [0.2, 0.25) is 0 Å². The molecule has 21 heavy (non-hydrogen) atoms. The highest BCUT2D eigenvalue weighted by atomic mass is 16.5. The normalized spacial score (nSPS) is 16.8. The van der Waals surface area contributed by atoms with Crippen molar-refractivity contribution in [3.63, 3.8) is 0 Å². The van der Waals surface area contributed by atoms with Crippen molar-refractivity contribution in [2.75, 3.05) is 39.4 Å². The van der Waals surface area contributed by atoms with Crippen molar-refractivity contribution in [2.45, 2.75) is 6.42 Å². The van der Waals surface area contributed by atoms with E-state index in [1.54, 1.807) is 0 Å². The Bertz CT molecular complexity index is 598. The van der Waals surface area contributed by atoms with Gasteiger partial charge in [0.25, 0.3) is 0 Å². The third kappa shape index (κ3) is 3.90. The van der Waals surface area contributed by atoms with E-state index >= 15 is 0 Å². The molecule has 0 unspecified atom stereocenters. The molecular weight excluding hydrogens is 260 g/mol. The number of hydrogen-bond acceptors (Lipinski definition) is 3. The first-order valence-electron chi connectivity index (χ1n) is 7.71. The molecule has 1 saturated heterocycles. The van der Waals surface area contributed by atoms with Crippen molar-refractivity contribution in [3.8, 4) is 0 Å². The van der Waals surface area contributed by atoms with Crippen molar-refractivity contribution in [3.05, 3.63) is 48.0 Å². The molecule has 1 heterocycles. The standard InChI is InChI=1S/C18H22N2O/c1-2-8-18-16(5-1)6-3-7-17(18)15-19-9-4-10-20-11-13-21-14-12-20/h1-3,5-8,15H,4,9-14H2. The summed E-state index contributed by atoms with van der Waals surface area (Å²) in [5.74, 6) is 0. The van der Waals surface area contributed by atoms with E-state index in [2.05, 4.69) is 52.4 Å². The maximum absolute atomic E-state index is 5.35. The van der Waals surface area contributed by atoms with Crippen LogP contribution in [0, 0.1) is 0 Å². The number of rotatable bonds is 5. The van der Waals surface area contributed by atoms with Crippen LogP contribution in [0.3, 0.4) is 0 Å². The Labute approximate surface area is 126 Å². The SMILES string of the molecule is C(=NCCCN1CCOCC1)c1cccc2ccccc12. The molecule has 1 aliphatic heterocycles. The number of benzene rings is 2. The van der Waals surface area contributed by atoms with Crippen LogP contribution in [-0.4, -0.2) is 50.5 Å². The second-order valence-corrected chi connectivity index (χ2v) is 5.41. The molecule has 0 aromatic heterocycles. The minimum absolute atomic E-state index is 0.874. The maximum atomic E-state index is 5.35. The first-order chi connectivity index (χ1) is 10.4. The summed E-state index contributed by atoms with van der Waals surface area (Å²) in [7, 11) is 0. The highest BCUT2D eigenvalue weighted by Crippen LogP contribution is 2.16. The molecule has 1 fully saturated rings. The highest BCUT2D eigenvalue weighted by molar-refractivity contribution is 5.99. The fourth-order valence-corrected chi connectivity index (χ4v) is 2.74. The van der Waals surface area contributed by atoms with Crippen LogP contribution in [0.4, 0.5) is 0 Å². The first-order valence-corrected chi connectivity index (χ1v) is 7.71. The van der Waals surface area contributed by atoms with E-state index < -0.39 is 0 Å². The topological polar surface area (TPSA) is 24.8 Å². The highest BCUT2D eigenvalue weighted by Gasteiger charge is 2.08. The van der Waals surface area contributed by atoms with E-state index in [0.717, 1.165) is 45.8 Å². The lowest BCUT2D eigenvalue weighted by molar-refractivity contribution is 0.0377. The number of nitrogens with zero attached hydrogens (tertiary/aromatic N) is 2. The first kappa shape index (κ1) is 14.2. The van der Waals surface area contributed by atoms with Crippen LogP contribution in [0.5, 0.6) is 0 Å². The van der Waals surface area contributed by atoms with E-state index in [1.807, 2.05) is 6.21 Å². The quantitative estimate of drug-likeness (QED) is 0.622. The largest absolute Gasteiger partial charge is 0.379 e. The van der Waals surface area contributed by atoms with Crippen molar-refractivity contribution < 1.29 is 4.74 Å². The van der Waals surface area contributed by atoms with Crippen LogP contribution in [0.15, 0.2) is 47.5 Å². The molecule has 3 heteroatoms. The van der Waals surface area contributed by atoms with Gasteiger partial charge in [-0.1, -0.05) is 42.5 Å². The number of aliphatic imine (C=N–C) groups is 1. The molecule has 0 bridgehead atoms. The molecule has 0 saturated carbocycles. The van der Waals surface area contributed by atoms with E-state index in [4.69, 9.17) is 4.74 Å². The maximum Gasteiger partial charge on any atom is 0.0594 e. The third-order valence-corrected chi connectivity index (χ3v) is 3.92. The van der Waals surface area contributed by atoms with Gasteiger partial charge in [-0.25, -0.2) is 0 Å². The van der Waals surface area contributed by atoms with Gasteiger partial charge in [-0.2, -0.15) is 0 Å². The molecule has 0 spiro atoms. The van der Waals surface area contributed by atoms with Crippen molar-refractivity contribution in [2.24, 2.45) is 4.99 Å². The number of morpholine rings is 1. The van der Waals surface area contributed by atoms with Gasteiger partial charge in [0.05, 0.1) is 13.2 Å². The molecule has 0 N–H and O–H groups in total. The zero-order chi connectivity index (χ0) is 14.3. The molecule has 0 aliphatic carbocycles. The summed E-state index contributed by atoms with van der Waals surface area (Å²) >= 11 is 0. The summed E-state index contributed by atoms with van der Waals surface area (Å²) < 4.78 is 5.35. The van der Waals surface area contributed by atoms with Gasteiger partial charge in [0.15, 0.2) is 0 Å². The number of fused-ring (bicyclic) bond motifs is 1. The Morgan fingerprint density at radius 3 is 2.76 bits per heavy atom. The van der Waals surface area contributed by atoms with Crippen LogP contribution in [0.25, 0.3) is 10.8 Å². The fraction of sp³-hybridized carbons (Fsp3) is 0.389. The summed E-state index contributed by atoms with van der Waals surface area (Å²) in [6.45, 7) is 5.88. The smallest absolute Gasteiger partial charge is 0.0594 e. The van der Waals surface area contributed by atoms with E-state index in [-0.39, 0.29) is 0 Å². The lowest BCUT2D eigenvalue weighted by atomic mass is 10.1. The molecule has 3 rings (SSSR count). The zero-order valence-corrected chi connectivity index (χ0v) is 12.4. The van der Waals surface area contributed by atoms with Gasteiger partial charge < -0.3 is 4.74 Å². The Kier molecular flexibility index (Phi) is 4.98. The van der Waals surface area contributed by atoms with Crippen LogP contribution in [0.2, 0.25) is 0 Å². The van der Waals surface area contributed by atoms with Crippen LogP contribution < -0.4 is 0 Å². The number of ether oxygens (including phenoxy) is 1. The Hall–Kier alpha value is -1.71. The molecule has 2 aromatic carbocycles. The Balaban J connectivity index is 1.53. The number of hydrogen-bond donors (Lipinski definition) is 0. The summed E-state index contributed by atoms with van der Waals surface area (Å²) in [5.41, 5.74) is 1.21. The van der Waals surface area contributed by atoms with E-state index in [1.165, 1.54) is 16.3 Å². The average Bonchev–Trinajstić information content (AvgIpc) is 2.56. The fourth-order valence-electron chi connectivity index (χ4n) is 2.74. The minimum Gasteiger partial charge on any atom is -0.379 e. The lowest BCUT2D eigenvalue weighted by Gasteiger charge is -2.26. The second kappa shape index (κ2) is 7.34. The molecule has 110 valence electrons. The van der Waals surface area contributed by atoms with Gasteiger partial charge in [0, 0.05) is 38.0 Å². The second-order valence-electron chi connectivity index (χ2n) is 5.41. The van der Waals surface area contributed by atoms with Crippen LogP contribution in [0.1, 0.15) is 12.0 Å². The van der Waals surface area contributed by atoms with Gasteiger partial charge in [-0.3, -0.25) is 9.89 Å². The molecule has 0 atom stereocenters. The predicted molar refractivity (Wildman–Crippen MR) is 88.3 cm³/mol. The van der Waals surface area contributed by atoms with Crippen LogP contribution in [-0.2, 0) is 4.74 Å². The monoisotopic (exact) mass is 282 g/mol. The average molecular weight is 282 g/mol. The molecule has 1 aliphatic rings. The van der Waals surface area contributed by atoms with Crippen molar-refractivity contribution in [1.29, 1.82) is 0 Å². The van der Waals surface area contributed by atoms with Gasteiger partial charge >= 0.3 is 0 Å². The summed E-state index contributed by atoms with van der Waals surface area (Å²) in [6.07, 6.45) is 3.13. The van der Waals surface area contributed by atoms with Gasteiger partial charge in [-0.05, 0) is 17.2 Å². The Morgan fingerprint density at radius 1 is 1.05 bits per heavy atom. The Morgan fingerprint density at radius 2 is 1.86 bits per heavy atom. The molecule has 3 nitrogen and oxygen atoms in total. The molecule has 2 aromatic rings. The van der Waals surface area contributed by atoms with Gasteiger partial charge in [-0.15, -0.1) is 0 Å². The summed E-state index contributed by atoms with van der Waals surface area (Å²) in [5, 5.41) is 2.55. The molecular formula is C18H22N2O. The van der Waals surface area contributed by atoms with E-state index in [0.29, 0.717) is 0 Å². The summed E-state index contributed by atoms with van der Waals surface area (Å²) in [6, 6.07) is 14.8.